The van der Waals surface area contributed by atoms with Crippen molar-refractivity contribution in [2.75, 3.05) is 30.1 Å². The van der Waals surface area contributed by atoms with E-state index in [1.165, 1.54) is 17.3 Å². The maximum Gasteiger partial charge on any atom is 0.234 e. The van der Waals surface area contributed by atoms with Crippen molar-refractivity contribution in [3.63, 3.8) is 0 Å². The first-order valence-electron chi connectivity index (χ1n) is 9.46. The van der Waals surface area contributed by atoms with E-state index in [4.69, 9.17) is 0 Å². The summed E-state index contributed by atoms with van der Waals surface area (Å²) in [6.45, 7) is 8.09. The van der Waals surface area contributed by atoms with Gasteiger partial charge >= 0.3 is 0 Å². The first-order valence-corrected chi connectivity index (χ1v) is 10.4. The lowest BCUT2D eigenvalue weighted by atomic mass is 10.1. The maximum atomic E-state index is 12.5. The molecular weight excluding hydrogens is 382 g/mol. The number of hydrogen-bond donors (Lipinski definition) is 1. The molecule has 0 aliphatic rings. The van der Waals surface area contributed by atoms with Gasteiger partial charge in [-0.3, -0.25) is 9.36 Å². The molecule has 3 rings (SSSR count). The van der Waals surface area contributed by atoms with Crippen molar-refractivity contribution in [3.8, 4) is 5.69 Å². The average Bonchev–Trinajstić information content (AvgIpc) is 3.02. The molecule has 0 fully saturated rings. The Morgan fingerprint density at radius 1 is 1.03 bits per heavy atom. The Labute approximate surface area is 176 Å². The van der Waals surface area contributed by atoms with Crippen molar-refractivity contribution < 1.29 is 4.79 Å². The third kappa shape index (κ3) is 4.79. The molecule has 1 N–H and O–H groups in total. The first kappa shape index (κ1) is 20.9. The van der Waals surface area contributed by atoms with Crippen molar-refractivity contribution in [2.24, 2.45) is 0 Å². The minimum absolute atomic E-state index is 0.0693. The van der Waals surface area contributed by atoms with Crippen molar-refractivity contribution in [1.29, 1.82) is 0 Å². The number of thioether (sulfide) groups is 1. The molecule has 2 aromatic carbocycles. The van der Waals surface area contributed by atoms with Crippen LogP contribution in [0.3, 0.4) is 0 Å². The zero-order valence-electron chi connectivity index (χ0n) is 17.8. The first-order chi connectivity index (χ1) is 13.8. The Morgan fingerprint density at radius 2 is 1.79 bits per heavy atom. The van der Waals surface area contributed by atoms with Crippen LogP contribution < -0.4 is 10.2 Å². The summed E-state index contributed by atoms with van der Waals surface area (Å²) in [6.07, 6.45) is 0. The summed E-state index contributed by atoms with van der Waals surface area (Å²) in [5.74, 6) is 0.994. The number of aryl methyl sites for hydroxylation is 4. The third-order valence-electron chi connectivity index (χ3n) is 4.70. The molecule has 29 heavy (non-hydrogen) atoms. The van der Waals surface area contributed by atoms with Crippen molar-refractivity contribution in [1.82, 2.24) is 14.8 Å². The summed E-state index contributed by atoms with van der Waals surface area (Å²) in [5, 5.41) is 12.2. The molecule has 0 saturated carbocycles. The molecule has 0 aliphatic heterocycles. The molecule has 0 saturated heterocycles. The lowest BCUT2D eigenvalue weighted by molar-refractivity contribution is -0.113. The number of amides is 1. The molecule has 7 heteroatoms. The Balaban J connectivity index is 1.72. The van der Waals surface area contributed by atoms with Crippen LogP contribution in [0, 0.1) is 27.7 Å². The van der Waals surface area contributed by atoms with Crippen molar-refractivity contribution in [3.05, 3.63) is 58.9 Å². The summed E-state index contributed by atoms with van der Waals surface area (Å²) in [4.78, 5) is 14.5. The van der Waals surface area contributed by atoms with Crippen LogP contribution in [0.1, 0.15) is 22.5 Å². The second kappa shape index (κ2) is 8.69. The molecule has 3 aromatic rings. The van der Waals surface area contributed by atoms with Gasteiger partial charge < -0.3 is 10.2 Å². The van der Waals surface area contributed by atoms with Gasteiger partial charge in [0, 0.05) is 25.5 Å². The highest BCUT2D eigenvalue weighted by molar-refractivity contribution is 7.99. The molecule has 0 aliphatic carbocycles. The molecule has 0 atom stereocenters. The molecule has 6 nitrogen and oxygen atoms in total. The van der Waals surface area contributed by atoms with Gasteiger partial charge in [-0.25, -0.2) is 0 Å². The largest absolute Gasteiger partial charge is 0.377 e. The summed E-state index contributed by atoms with van der Waals surface area (Å²) in [5.41, 5.74) is 6.40. The molecule has 0 radical (unpaired) electrons. The van der Waals surface area contributed by atoms with E-state index in [1.807, 2.05) is 50.7 Å². The smallest absolute Gasteiger partial charge is 0.234 e. The second-order valence-corrected chi connectivity index (χ2v) is 8.33. The van der Waals surface area contributed by atoms with Crippen LogP contribution in [0.2, 0.25) is 0 Å². The van der Waals surface area contributed by atoms with E-state index in [9.17, 15) is 4.79 Å². The quantitative estimate of drug-likeness (QED) is 0.615. The third-order valence-corrected chi connectivity index (χ3v) is 5.62. The molecule has 1 aromatic heterocycles. The number of nitrogens with one attached hydrogen (secondary N) is 1. The number of carbonyl (C=O) groups is 1. The van der Waals surface area contributed by atoms with Gasteiger partial charge in [0.25, 0.3) is 0 Å². The summed E-state index contributed by atoms with van der Waals surface area (Å²) in [6, 6.07) is 12.2. The molecule has 0 bridgehead atoms. The van der Waals surface area contributed by atoms with Crippen molar-refractivity contribution >= 4 is 29.0 Å². The van der Waals surface area contributed by atoms with E-state index in [0.29, 0.717) is 5.16 Å². The van der Waals surface area contributed by atoms with Gasteiger partial charge in [-0.05, 0) is 68.7 Å². The van der Waals surface area contributed by atoms with Gasteiger partial charge in [0.05, 0.1) is 11.4 Å². The number of hydrogen-bond acceptors (Lipinski definition) is 5. The van der Waals surface area contributed by atoms with E-state index in [0.717, 1.165) is 34.0 Å². The zero-order chi connectivity index (χ0) is 21.1. The van der Waals surface area contributed by atoms with Gasteiger partial charge in [0.1, 0.15) is 5.82 Å². The fraction of sp³-hybridized carbons (Fsp3) is 0.318. The van der Waals surface area contributed by atoms with Crippen LogP contribution in [0.4, 0.5) is 11.4 Å². The molecule has 1 amide bonds. The Hall–Kier alpha value is -2.80. The minimum atomic E-state index is -0.0693. The standard InChI is InChI=1S/C22H27N5OS/c1-14-7-8-15(2)20(11-14)27-17(4)24-25-22(27)29-13-21(28)23-18-9-10-19(26(5)6)16(3)12-18/h7-12H,13H2,1-6H3,(H,23,28). The lowest BCUT2D eigenvalue weighted by Crippen LogP contribution is -2.15. The van der Waals surface area contributed by atoms with E-state index in [-0.39, 0.29) is 11.7 Å². The summed E-state index contributed by atoms with van der Waals surface area (Å²) < 4.78 is 2.01. The van der Waals surface area contributed by atoms with Gasteiger partial charge in [0.2, 0.25) is 5.91 Å². The van der Waals surface area contributed by atoms with E-state index < -0.39 is 0 Å². The van der Waals surface area contributed by atoms with Crippen LogP contribution in [0.5, 0.6) is 0 Å². The normalized spacial score (nSPS) is 10.8. The Morgan fingerprint density at radius 3 is 2.48 bits per heavy atom. The van der Waals surface area contributed by atoms with Crippen molar-refractivity contribution in [2.45, 2.75) is 32.9 Å². The number of rotatable bonds is 6. The van der Waals surface area contributed by atoms with Crippen LogP contribution >= 0.6 is 11.8 Å². The van der Waals surface area contributed by atoms with Gasteiger partial charge in [-0.15, -0.1) is 10.2 Å². The van der Waals surface area contributed by atoms with E-state index >= 15 is 0 Å². The number of aromatic nitrogens is 3. The predicted octanol–water partition coefficient (Wildman–Crippen LogP) is 4.30. The fourth-order valence-electron chi connectivity index (χ4n) is 3.24. The predicted molar refractivity (Wildman–Crippen MR) is 120 cm³/mol. The molecule has 1 heterocycles. The van der Waals surface area contributed by atoms with Gasteiger partial charge in [-0.1, -0.05) is 23.9 Å². The Bertz CT molecular complexity index is 1040. The molecule has 0 spiro atoms. The number of anilines is 2. The summed E-state index contributed by atoms with van der Waals surface area (Å²) >= 11 is 1.39. The molecule has 152 valence electrons. The number of carbonyl (C=O) groups excluding carboxylic acids is 1. The average molecular weight is 410 g/mol. The number of nitrogens with zero attached hydrogens (tertiary/aromatic N) is 4. The monoisotopic (exact) mass is 409 g/mol. The maximum absolute atomic E-state index is 12.5. The zero-order valence-corrected chi connectivity index (χ0v) is 18.6. The van der Waals surface area contributed by atoms with E-state index in [1.54, 1.807) is 0 Å². The highest BCUT2D eigenvalue weighted by Gasteiger charge is 2.15. The van der Waals surface area contributed by atoms with Crippen LogP contribution in [0.15, 0.2) is 41.6 Å². The van der Waals surface area contributed by atoms with Crippen LogP contribution in [0.25, 0.3) is 5.69 Å². The van der Waals surface area contributed by atoms with E-state index in [2.05, 4.69) is 52.5 Å². The van der Waals surface area contributed by atoms with Gasteiger partial charge in [-0.2, -0.15) is 0 Å². The van der Waals surface area contributed by atoms with Gasteiger partial charge in [0.15, 0.2) is 5.16 Å². The fourth-order valence-corrected chi connectivity index (χ4v) is 4.03. The lowest BCUT2D eigenvalue weighted by Gasteiger charge is -2.16. The molecule has 0 unspecified atom stereocenters. The highest BCUT2D eigenvalue weighted by Crippen LogP contribution is 2.26. The topological polar surface area (TPSA) is 63.1 Å². The summed E-state index contributed by atoms with van der Waals surface area (Å²) in [7, 11) is 4.01. The SMILES string of the molecule is Cc1ccc(C)c(-n2c(C)nnc2SCC(=O)Nc2ccc(N(C)C)c(C)c2)c1. The van der Waals surface area contributed by atoms with Crippen LogP contribution in [-0.2, 0) is 4.79 Å². The molecular formula is C22H27N5OS. The second-order valence-electron chi connectivity index (χ2n) is 7.39. The minimum Gasteiger partial charge on any atom is -0.377 e. The Kier molecular flexibility index (Phi) is 6.27. The van der Waals surface area contributed by atoms with Crippen LogP contribution in [-0.4, -0.2) is 40.5 Å². The number of benzene rings is 2. The highest BCUT2D eigenvalue weighted by atomic mass is 32.2.